The third-order valence-electron chi connectivity index (χ3n) is 4.93. The monoisotopic (exact) mass is 264 g/mol. The van der Waals surface area contributed by atoms with E-state index in [2.05, 4.69) is 14.8 Å². The van der Waals surface area contributed by atoms with E-state index in [1.54, 1.807) is 7.11 Å². The Hall–Kier alpha value is -0.940. The Morgan fingerprint density at radius 1 is 1.26 bits per heavy atom. The van der Waals surface area contributed by atoms with Gasteiger partial charge in [0.15, 0.2) is 0 Å². The maximum absolute atomic E-state index is 5.74. The summed E-state index contributed by atoms with van der Waals surface area (Å²) in [7, 11) is 1.72. The molecule has 2 saturated carbocycles. The molecule has 19 heavy (non-hydrogen) atoms. The standard InChI is InChI=1S/C14H24N4O/c1-19-5-4-18-13(16-17-14(18)9-15)8-12-7-10-2-3-11(12)6-10/h10-12H,2-9,15H2,1H3. The normalized spacial score (nSPS) is 29.3. The van der Waals surface area contributed by atoms with Crippen LogP contribution in [0.15, 0.2) is 0 Å². The molecule has 1 heterocycles. The lowest BCUT2D eigenvalue weighted by Crippen LogP contribution is -2.19. The zero-order valence-corrected chi connectivity index (χ0v) is 11.7. The molecule has 2 bridgehead atoms. The van der Waals surface area contributed by atoms with Crippen molar-refractivity contribution in [1.29, 1.82) is 0 Å². The minimum absolute atomic E-state index is 0.452. The average molecular weight is 264 g/mol. The van der Waals surface area contributed by atoms with E-state index in [0.29, 0.717) is 13.2 Å². The van der Waals surface area contributed by atoms with Crippen LogP contribution in [0.4, 0.5) is 0 Å². The summed E-state index contributed by atoms with van der Waals surface area (Å²) in [6.45, 7) is 1.95. The molecular formula is C14H24N4O. The predicted octanol–water partition coefficient (Wildman–Crippen LogP) is 1.36. The highest BCUT2D eigenvalue weighted by Gasteiger charge is 2.39. The summed E-state index contributed by atoms with van der Waals surface area (Å²) >= 11 is 0. The SMILES string of the molecule is COCCn1c(CN)nnc1CC1CC2CCC1C2. The minimum atomic E-state index is 0.452. The number of fused-ring (bicyclic) bond motifs is 2. The van der Waals surface area contributed by atoms with Gasteiger partial charge in [-0.25, -0.2) is 0 Å². The van der Waals surface area contributed by atoms with E-state index in [1.807, 2.05) is 0 Å². The fourth-order valence-electron chi connectivity index (χ4n) is 3.98. The van der Waals surface area contributed by atoms with Gasteiger partial charge in [-0.1, -0.05) is 6.42 Å². The minimum Gasteiger partial charge on any atom is -0.383 e. The predicted molar refractivity (Wildman–Crippen MR) is 72.4 cm³/mol. The molecule has 0 amide bonds. The number of rotatable bonds is 6. The summed E-state index contributed by atoms with van der Waals surface area (Å²) in [6, 6.07) is 0. The first-order valence-electron chi connectivity index (χ1n) is 7.41. The van der Waals surface area contributed by atoms with E-state index in [4.69, 9.17) is 10.5 Å². The molecule has 0 aromatic carbocycles. The van der Waals surface area contributed by atoms with E-state index in [-0.39, 0.29) is 0 Å². The van der Waals surface area contributed by atoms with Crippen molar-refractivity contribution >= 4 is 0 Å². The van der Waals surface area contributed by atoms with Crippen molar-refractivity contribution in [3.05, 3.63) is 11.6 Å². The molecule has 1 aromatic rings. The Labute approximate surface area is 114 Å². The maximum atomic E-state index is 5.74. The van der Waals surface area contributed by atoms with Gasteiger partial charge in [-0.05, 0) is 37.0 Å². The largest absolute Gasteiger partial charge is 0.383 e. The average Bonchev–Trinajstić information content (AvgIpc) is 3.11. The zero-order chi connectivity index (χ0) is 13.2. The fourth-order valence-corrected chi connectivity index (χ4v) is 3.98. The van der Waals surface area contributed by atoms with E-state index in [1.165, 1.54) is 25.7 Å². The van der Waals surface area contributed by atoms with Gasteiger partial charge in [0, 0.05) is 20.1 Å². The molecule has 2 N–H and O–H groups in total. The molecule has 2 aliphatic carbocycles. The number of methoxy groups -OCH3 is 1. The van der Waals surface area contributed by atoms with E-state index in [9.17, 15) is 0 Å². The summed E-state index contributed by atoms with van der Waals surface area (Å²) in [5.74, 6) is 4.72. The number of nitrogens with zero attached hydrogens (tertiary/aromatic N) is 3. The lowest BCUT2D eigenvalue weighted by Gasteiger charge is -2.21. The van der Waals surface area contributed by atoms with Gasteiger partial charge in [0.2, 0.25) is 0 Å². The molecule has 2 fully saturated rings. The van der Waals surface area contributed by atoms with Gasteiger partial charge in [0.05, 0.1) is 13.2 Å². The van der Waals surface area contributed by atoms with E-state index < -0.39 is 0 Å². The summed E-state index contributed by atoms with van der Waals surface area (Å²) in [4.78, 5) is 0. The van der Waals surface area contributed by atoms with E-state index in [0.717, 1.165) is 42.4 Å². The number of ether oxygens (including phenoxy) is 1. The first-order valence-corrected chi connectivity index (χ1v) is 7.41. The van der Waals surface area contributed by atoms with Gasteiger partial charge in [0.1, 0.15) is 11.6 Å². The molecule has 2 aliphatic rings. The topological polar surface area (TPSA) is 66.0 Å². The van der Waals surface area contributed by atoms with Gasteiger partial charge in [0.25, 0.3) is 0 Å². The van der Waals surface area contributed by atoms with E-state index >= 15 is 0 Å². The Morgan fingerprint density at radius 3 is 2.74 bits per heavy atom. The Morgan fingerprint density at radius 2 is 2.11 bits per heavy atom. The van der Waals surface area contributed by atoms with Crippen molar-refractivity contribution < 1.29 is 4.74 Å². The first-order chi connectivity index (χ1) is 9.31. The quantitative estimate of drug-likeness (QED) is 0.842. The Balaban J connectivity index is 1.71. The molecule has 0 radical (unpaired) electrons. The van der Waals surface area contributed by atoms with Gasteiger partial charge >= 0.3 is 0 Å². The van der Waals surface area contributed by atoms with Crippen LogP contribution >= 0.6 is 0 Å². The number of hydrogen-bond acceptors (Lipinski definition) is 4. The molecular weight excluding hydrogens is 240 g/mol. The van der Waals surface area contributed by atoms with Crippen molar-refractivity contribution in [2.75, 3.05) is 13.7 Å². The Bertz CT molecular complexity index is 431. The van der Waals surface area contributed by atoms with Crippen molar-refractivity contribution in [1.82, 2.24) is 14.8 Å². The van der Waals surface area contributed by atoms with Crippen molar-refractivity contribution in [2.45, 2.75) is 45.2 Å². The van der Waals surface area contributed by atoms with Crippen molar-refractivity contribution in [3.63, 3.8) is 0 Å². The second kappa shape index (κ2) is 5.59. The smallest absolute Gasteiger partial charge is 0.146 e. The second-order valence-corrected chi connectivity index (χ2v) is 6.02. The molecule has 5 heteroatoms. The van der Waals surface area contributed by atoms with Crippen LogP contribution in [-0.4, -0.2) is 28.5 Å². The molecule has 0 saturated heterocycles. The molecule has 3 unspecified atom stereocenters. The zero-order valence-electron chi connectivity index (χ0n) is 11.7. The Kier molecular flexibility index (Phi) is 3.84. The van der Waals surface area contributed by atoms with Gasteiger partial charge in [-0.15, -0.1) is 10.2 Å². The van der Waals surface area contributed by atoms with Crippen LogP contribution < -0.4 is 5.73 Å². The highest BCUT2D eigenvalue weighted by atomic mass is 16.5. The summed E-state index contributed by atoms with van der Waals surface area (Å²) in [6.07, 6.45) is 6.77. The second-order valence-electron chi connectivity index (χ2n) is 6.02. The third kappa shape index (κ3) is 2.54. The van der Waals surface area contributed by atoms with Crippen molar-refractivity contribution in [3.8, 4) is 0 Å². The summed E-state index contributed by atoms with van der Waals surface area (Å²) < 4.78 is 7.33. The van der Waals surface area contributed by atoms with Crippen LogP contribution in [0.3, 0.4) is 0 Å². The highest BCUT2D eigenvalue weighted by Crippen LogP contribution is 2.49. The molecule has 0 spiro atoms. The number of nitrogens with two attached hydrogens (primary N) is 1. The van der Waals surface area contributed by atoms with Crippen LogP contribution in [0.1, 0.15) is 37.3 Å². The lowest BCUT2D eigenvalue weighted by molar-refractivity contribution is 0.184. The molecule has 3 atom stereocenters. The van der Waals surface area contributed by atoms with Crippen LogP contribution in [0, 0.1) is 17.8 Å². The van der Waals surface area contributed by atoms with Gasteiger partial charge < -0.3 is 15.0 Å². The lowest BCUT2D eigenvalue weighted by atomic mass is 9.86. The van der Waals surface area contributed by atoms with Gasteiger partial charge in [-0.3, -0.25) is 0 Å². The molecule has 3 rings (SSSR count). The highest BCUT2D eigenvalue weighted by molar-refractivity contribution is 5.01. The number of hydrogen-bond donors (Lipinski definition) is 1. The molecule has 106 valence electrons. The first kappa shape index (κ1) is 13.1. The maximum Gasteiger partial charge on any atom is 0.146 e. The third-order valence-corrected chi connectivity index (χ3v) is 4.93. The van der Waals surface area contributed by atoms with Crippen LogP contribution in [0.2, 0.25) is 0 Å². The summed E-state index contributed by atoms with van der Waals surface area (Å²) in [5.41, 5.74) is 5.74. The molecule has 0 aliphatic heterocycles. The fraction of sp³-hybridized carbons (Fsp3) is 0.857. The van der Waals surface area contributed by atoms with Crippen LogP contribution in [-0.2, 0) is 24.2 Å². The van der Waals surface area contributed by atoms with Crippen molar-refractivity contribution in [2.24, 2.45) is 23.5 Å². The summed E-state index contributed by atoms with van der Waals surface area (Å²) in [5, 5.41) is 8.59. The molecule has 1 aromatic heterocycles. The van der Waals surface area contributed by atoms with Crippen LogP contribution in [0.25, 0.3) is 0 Å². The molecule has 5 nitrogen and oxygen atoms in total. The van der Waals surface area contributed by atoms with Crippen LogP contribution in [0.5, 0.6) is 0 Å². The van der Waals surface area contributed by atoms with Gasteiger partial charge in [-0.2, -0.15) is 0 Å². The number of aromatic nitrogens is 3.